The van der Waals surface area contributed by atoms with Gasteiger partial charge >= 0.3 is 5.97 Å². The van der Waals surface area contributed by atoms with Crippen molar-refractivity contribution in [1.29, 1.82) is 0 Å². The summed E-state index contributed by atoms with van der Waals surface area (Å²) in [7, 11) is 5.93. The average Bonchev–Trinajstić information content (AvgIpc) is 2.71. The van der Waals surface area contributed by atoms with Crippen LogP contribution in [0, 0.1) is 0 Å². The summed E-state index contributed by atoms with van der Waals surface area (Å²) >= 11 is 0. The molecule has 1 aromatic rings. The number of esters is 1. The van der Waals surface area contributed by atoms with Crippen molar-refractivity contribution in [2.45, 2.75) is 13.3 Å². The second-order valence-corrected chi connectivity index (χ2v) is 5.63. The van der Waals surface area contributed by atoms with Gasteiger partial charge in [0.25, 0.3) is 0 Å². The van der Waals surface area contributed by atoms with Crippen molar-refractivity contribution in [2.24, 2.45) is 0 Å². The molecule has 0 radical (unpaired) electrons. The van der Waals surface area contributed by atoms with Crippen molar-refractivity contribution in [3.05, 3.63) is 48.2 Å². The van der Waals surface area contributed by atoms with E-state index in [0.717, 1.165) is 0 Å². The minimum Gasteiger partial charge on any atom is -0.493 e. The van der Waals surface area contributed by atoms with Crippen molar-refractivity contribution in [2.75, 3.05) is 35.0 Å². The normalized spacial score (nSPS) is 11.1. The number of allylic oxidation sites excluding steroid dienone is 1. The van der Waals surface area contributed by atoms with Gasteiger partial charge in [0, 0.05) is 31.4 Å². The Labute approximate surface area is 170 Å². The van der Waals surface area contributed by atoms with Gasteiger partial charge in [0.1, 0.15) is 5.75 Å². The van der Waals surface area contributed by atoms with Crippen LogP contribution in [0.4, 0.5) is 0 Å². The molecular formula is C21H27NO7. The molecular weight excluding hydrogens is 378 g/mol. The van der Waals surface area contributed by atoms with Crippen LogP contribution in [-0.4, -0.2) is 46.9 Å². The second kappa shape index (κ2) is 12.2. The van der Waals surface area contributed by atoms with E-state index in [1.165, 1.54) is 52.7 Å². The summed E-state index contributed by atoms with van der Waals surface area (Å²) in [5.74, 6) is 0.368. The summed E-state index contributed by atoms with van der Waals surface area (Å²) < 4.78 is 26.2. The minimum atomic E-state index is -0.668. The van der Waals surface area contributed by atoms with Crippen LogP contribution >= 0.6 is 0 Å². The third-order valence-corrected chi connectivity index (χ3v) is 3.60. The molecule has 0 spiro atoms. The first kappa shape index (κ1) is 23.8. The van der Waals surface area contributed by atoms with Gasteiger partial charge in [-0.25, -0.2) is 4.79 Å². The highest BCUT2D eigenvalue weighted by Gasteiger charge is 2.17. The fourth-order valence-electron chi connectivity index (χ4n) is 2.22. The Bertz CT molecular complexity index is 771. The second-order valence-electron chi connectivity index (χ2n) is 5.63. The molecule has 1 aromatic carbocycles. The number of nitrogens with one attached hydrogen (secondary N) is 1. The highest BCUT2D eigenvalue weighted by Crippen LogP contribution is 2.40. The Balaban J connectivity index is 3.17. The number of hydrogen-bond donors (Lipinski definition) is 1. The van der Waals surface area contributed by atoms with Gasteiger partial charge in [-0.1, -0.05) is 19.6 Å². The predicted octanol–water partition coefficient (Wildman–Crippen LogP) is 2.79. The molecule has 29 heavy (non-hydrogen) atoms. The van der Waals surface area contributed by atoms with Gasteiger partial charge in [-0.05, 0) is 12.2 Å². The van der Waals surface area contributed by atoms with E-state index < -0.39 is 5.97 Å². The fraction of sp³-hybridized carbons (Fsp3) is 0.333. The maximum Gasteiger partial charge on any atom is 0.343 e. The zero-order chi connectivity index (χ0) is 21.8. The molecule has 0 atom stereocenters. The Kier molecular flexibility index (Phi) is 10.0. The SMILES string of the molecule is C=C(/C=C(\C=C/COC)C(=O)Oc1cc(OC)c(OC)c(OC)c1)NC(=O)CC. The average molecular weight is 405 g/mol. The number of carbonyl (C=O) groups excluding carboxylic acids is 2. The van der Waals surface area contributed by atoms with E-state index in [1.54, 1.807) is 13.0 Å². The summed E-state index contributed by atoms with van der Waals surface area (Å²) in [4.78, 5) is 24.2. The van der Waals surface area contributed by atoms with E-state index in [-0.39, 0.29) is 29.3 Å². The lowest BCUT2D eigenvalue weighted by Crippen LogP contribution is -2.21. The lowest BCUT2D eigenvalue weighted by Gasteiger charge is -2.14. The lowest BCUT2D eigenvalue weighted by atomic mass is 10.2. The van der Waals surface area contributed by atoms with Crippen molar-refractivity contribution < 1.29 is 33.3 Å². The van der Waals surface area contributed by atoms with Gasteiger partial charge in [0.05, 0.1) is 33.5 Å². The standard InChI is InChI=1S/C21H27NO7/c1-7-19(23)22-14(2)11-15(9-8-10-25-3)21(24)29-16-12-17(26-4)20(28-6)18(13-16)27-5/h8-9,11-13H,2,7,10H2,1,3-6H3,(H,22,23)/b9-8-,15-11+. The molecule has 0 aliphatic carbocycles. The van der Waals surface area contributed by atoms with Crippen LogP contribution in [-0.2, 0) is 14.3 Å². The quantitative estimate of drug-likeness (QED) is 0.262. The molecule has 158 valence electrons. The van der Waals surface area contributed by atoms with Crippen molar-refractivity contribution in [3.8, 4) is 23.0 Å². The number of amides is 1. The van der Waals surface area contributed by atoms with Crippen LogP contribution in [0.3, 0.4) is 0 Å². The maximum atomic E-state index is 12.7. The van der Waals surface area contributed by atoms with E-state index in [0.29, 0.717) is 23.9 Å². The van der Waals surface area contributed by atoms with Gasteiger partial charge in [0.2, 0.25) is 11.7 Å². The third-order valence-electron chi connectivity index (χ3n) is 3.60. The Morgan fingerprint density at radius 2 is 1.69 bits per heavy atom. The number of ether oxygens (including phenoxy) is 5. The molecule has 0 heterocycles. The molecule has 0 fully saturated rings. The lowest BCUT2D eigenvalue weighted by molar-refractivity contribution is -0.129. The molecule has 0 aromatic heterocycles. The maximum absolute atomic E-state index is 12.7. The molecule has 0 aliphatic heterocycles. The van der Waals surface area contributed by atoms with Crippen molar-refractivity contribution in [3.63, 3.8) is 0 Å². The van der Waals surface area contributed by atoms with Gasteiger partial charge in [0.15, 0.2) is 11.5 Å². The fourth-order valence-corrected chi connectivity index (χ4v) is 2.22. The van der Waals surface area contributed by atoms with Gasteiger partial charge in [-0.15, -0.1) is 0 Å². The van der Waals surface area contributed by atoms with Crippen LogP contribution in [0.1, 0.15) is 13.3 Å². The van der Waals surface area contributed by atoms with Crippen LogP contribution < -0.4 is 24.3 Å². The Hall–Kier alpha value is -3.26. The number of hydrogen-bond acceptors (Lipinski definition) is 7. The van der Waals surface area contributed by atoms with Crippen LogP contribution in [0.2, 0.25) is 0 Å². The first-order valence-corrected chi connectivity index (χ1v) is 8.78. The zero-order valence-electron chi connectivity index (χ0n) is 17.4. The molecule has 8 heteroatoms. The molecule has 0 bridgehead atoms. The topological polar surface area (TPSA) is 92.3 Å². The molecule has 0 saturated carbocycles. The van der Waals surface area contributed by atoms with Gasteiger partial charge in [-0.2, -0.15) is 0 Å². The number of methoxy groups -OCH3 is 4. The predicted molar refractivity (Wildman–Crippen MR) is 108 cm³/mol. The van der Waals surface area contributed by atoms with Crippen LogP contribution in [0.5, 0.6) is 23.0 Å². The van der Waals surface area contributed by atoms with Crippen molar-refractivity contribution in [1.82, 2.24) is 5.32 Å². The van der Waals surface area contributed by atoms with Crippen LogP contribution in [0.25, 0.3) is 0 Å². The summed E-state index contributed by atoms with van der Waals surface area (Å²) in [6.07, 6.45) is 4.86. The third kappa shape index (κ3) is 7.34. The molecule has 0 aliphatic rings. The van der Waals surface area contributed by atoms with Gasteiger partial charge in [-0.3, -0.25) is 4.79 Å². The number of carbonyl (C=O) groups is 2. The first-order chi connectivity index (χ1) is 13.9. The van der Waals surface area contributed by atoms with E-state index in [9.17, 15) is 9.59 Å². The minimum absolute atomic E-state index is 0.164. The van der Waals surface area contributed by atoms with E-state index in [1.807, 2.05) is 0 Å². The molecule has 0 unspecified atom stereocenters. The molecule has 1 N–H and O–H groups in total. The molecule has 0 saturated heterocycles. The summed E-state index contributed by atoms with van der Waals surface area (Å²) in [6.45, 7) is 5.75. The van der Waals surface area contributed by atoms with E-state index in [4.69, 9.17) is 23.7 Å². The monoisotopic (exact) mass is 405 g/mol. The van der Waals surface area contributed by atoms with Gasteiger partial charge < -0.3 is 29.0 Å². The molecule has 8 nitrogen and oxygen atoms in total. The molecule has 1 amide bonds. The highest BCUT2D eigenvalue weighted by molar-refractivity contribution is 5.94. The zero-order valence-corrected chi connectivity index (χ0v) is 17.4. The summed E-state index contributed by atoms with van der Waals surface area (Å²) in [5, 5.41) is 2.58. The smallest absolute Gasteiger partial charge is 0.343 e. The number of benzene rings is 1. The largest absolute Gasteiger partial charge is 0.493 e. The Morgan fingerprint density at radius 3 is 2.17 bits per heavy atom. The van der Waals surface area contributed by atoms with E-state index >= 15 is 0 Å². The van der Waals surface area contributed by atoms with Crippen molar-refractivity contribution >= 4 is 11.9 Å². The van der Waals surface area contributed by atoms with Crippen LogP contribution in [0.15, 0.2) is 48.2 Å². The van der Waals surface area contributed by atoms with E-state index in [2.05, 4.69) is 11.9 Å². The Morgan fingerprint density at radius 1 is 1.07 bits per heavy atom. The summed E-state index contributed by atoms with van der Waals surface area (Å²) in [5.41, 5.74) is 0.424. The first-order valence-electron chi connectivity index (χ1n) is 8.78. The highest BCUT2D eigenvalue weighted by atomic mass is 16.5. The number of rotatable bonds is 11. The summed E-state index contributed by atoms with van der Waals surface area (Å²) in [6, 6.07) is 3.01. The molecule has 1 rings (SSSR count).